The van der Waals surface area contributed by atoms with E-state index in [0.29, 0.717) is 6.42 Å². The van der Waals surface area contributed by atoms with Crippen LogP contribution in [0, 0.1) is 0 Å². The number of amides is 1. The lowest BCUT2D eigenvalue weighted by Gasteiger charge is -2.19. The SMILES string of the molecule is CC(C)(C)NC(=O)OCCc1ccccc1O. The molecule has 0 radical (unpaired) electrons. The van der Waals surface area contributed by atoms with E-state index in [1.807, 2.05) is 26.8 Å². The molecule has 0 aliphatic rings. The Hall–Kier alpha value is -1.71. The first kappa shape index (κ1) is 13.4. The summed E-state index contributed by atoms with van der Waals surface area (Å²) in [5, 5.41) is 12.2. The summed E-state index contributed by atoms with van der Waals surface area (Å²) >= 11 is 0. The maximum atomic E-state index is 11.3. The second kappa shape index (κ2) is 5.57. The summed E-state index contributed by atoms with van der Waals surface area (Å²) in [5.41, 5.74) is 0.474. The van der Waals surface area contributed by atoms with E-state index in [1.165, 1.54) is 0 Å². The summed E-state index contributed by atoms with van der Waals surface area (Å²) < 4.78 is 5.02. The average Bonchev–Trinajstić information content (AvgIpc) is 2.18. The van der Waals surface area contributed by atoms with Crippen molar-refractivity contribution in [2.24, 2.45) is 0 Å². The fourth-order valence-electron chi connectivity index (χ4n) is 1.32. The highest BCUT2D eigenvalue weighted by Gasteiger charge is 2.14. The first-order valence-electron chi connectivity index (χ1n) is 5.60. The minimum absolute atomic E-state index is 0.229. The van der Waals surface area contributed by atoms with Crippen LogP contribution in [0.4, 0.5) is 4.79 Å². The lowest BCUT2D eigenvalue weighted by molar-refractivity contribution is 0.138. The molecule has 0 spiro atoms. The summed E-state index contributed by atoms with van der Waals surface area (Å²) in [6, 6.07) is 7.02. The van der Waals surface area contributed by atoms with Crippen LogP contribution in [-0.4, -0.2) is 23.3 Å². The number of benzene rings is 1. The van der Waals surface area contributed by atoms with Crippen molar-refractivity contribution in [2.45, 2.75) is 32.7 Å². The van der Waals surface area contributed by atoms with Crippen molar-refractivity contribution in [3.63, 3.8) is 0 Å². The molecule has 0 fully saturated rings. The van der Waals surface area contributed by atoms with Crippen molar-refractivity contribution < 1.29 is 14.6 Å². The molecule has 1 aromatic rings. The molecule has 17 heavy (non-hydrogen) atoms. The van der Waals surface area contributed by atoms with E-state index in [1.54, 1.807) is 18.2 Å². The van der Waals surface area contributed by atoms with Gasteiger partial charge in [-0.25, -0.2) is 4.79 Å². The Morgan fingerprint density at radius 2 is 2.00 bits per heavy atom. The van der Waals surface area contributed by atoms with E-state index in [9.17, 15) is 9.90 Å². The standard InChI is InChI=1S/C13H19NO3/c1-13(2,3)14-12(16)17-9-8-10-6-4-5-7-11(10)15/h4-7,15H,8-9H2,1-3H3,(H,14,16). The maximum Gasteiger partial charge on any atom is 0.407 e. The van der Waals surface area contributed by atoms with Crippen molar-refractivity contribution in [3.05, 3.63) is 29.8 Å². The van der Waals surface area contributed by atoms with Gasteiger partial charge in [0.25, 0.3) is 0 Å². The van der Waals surface area contributed by atoms with Crippen LogP contribution in [-0.2, 0) is 11.2 Å². The fourth-order valence-corrected chi connectivity index (χ4v) is 1.32. The zero-order valence-corrected chi connectivity index (χ0v) is 10.5. The highest BCUT2D eigenvalue weighted by atomic mass is 16.5. The van der Waals surface area contributed by atoms with E-state index >= 15 is 0 Å². The van der Waals surface area contributed by atoms with Crippen LogP contribution in [0.3, 0.4) is 0 Å². The molecule has 0 heterocycles. The van der Waals surface area contributed by atoms with Gasteiger partial charge in [0.15, 0.2) is 0 Å². The second-order valence-corrected chi connectivity index (χ2v) is 4.89. The van der Waals surface area contributed by atoms with Crippen LogP contribution < -0.4 is 5.32 Å². The number of hydrogen-bond donors (Lipinski definition) is 2. The molecule has 0 unspecified atom stereocenters. The first-order chi connectivity index (χ1) is 7.88. The number of phenols is 1. The van der Waals surface area contributed by atoms with Crippen LogP contribution in [0.25, 0.3) is 0 Å². The molecule has 1 aromatic carbocycles. The van der Waals surface area contributed by atoms with E-state index in [2.05, 4.69) is 5.32 Å². The molecule has 0 bridgehead atoms. The quantitative estimate of drug-likeness (QED) is 0.849. The number of phenolic OH excluding ortho intramolecular Hbond substituents is 1. The topological polar surface area (TPSA) is 58.6 Å². The van der Waals surface area contributed by atoms with E-state index in [-0.39, 0.29) is 17.9 Å². The molecular weight excluding hydrogens is 218 g/mol. The van der Waals surface area contributed by atoms with Crippen molar-refractivity contribution in [1.82, 2.24) is 5.32 Å². The molecule has 4 nitrogen and oxygen atoms in total. The smallest absolute Gasteiger partial charge is 0.407 e. The molecular formula is C13H19NO3. The van der Waals surface area contributed by atoms with E-state index in [4.69, 9.17) is 4.74 Å². The Bertz CT molecular complexity index is 382. The van der Waals surface area contributed by atoms with E-state index < -0.39 is 6.09 Å². The third-order valence-corrected chi connectivity index (χ3v) is 2.07. The van der Waals surface area contributed by atoms with Crippen LogP contribution in [0.1, 0.15) is 26.3 Å². The Labute approximate surface area is 102 Å². The van der Waals surface area contributed by atoms with Crippen molar-refractivity contribution in [1.29, 1.82) is 0 Å². The second-order valence-electron chi connectivity index (χ2n) is 4.89. The summed E-state index contributed by atoms with van der Waals surface area (Å²) in [5.74, 6) is 0.229. The number of carbonyl (C=O) groups is 1. The van der Waals surface area contributed by atoms with Gasteiger partial charge in [0, 0.05) is 12.0 Å². The highest BCUT2D eigenvalue weighted by molar-refractivity contribution is 5.68. The number of alkyl carbamates (subject to hydrolysis) is 1. The Kier molecular flexibility index (Phi) is 4.37. The third-order valence-electron chi connectivity index (χ3n) is 2.07. The lowest BCUT2D eigenvalue weighted by Crippen LogP contribution is -2.41. The fraction of sp³-hybridized carbons (Fsp3) is 0.462. The minimum atomic E-state index is -0.437. The summed E-state index contributed by atoms with van der Waals surface area (Å²) in [6.07, 6.45) is 0.0671. The molecule has 94 valence electrons. The molecule has 0 atom stereocenters. The maximum absolute atomic E-state index is 11.3. The van der Waals surface area contributed by atoms with Crippen LogP contribution >= 0.6 is 0 Å². The third kappa shape index (κ3) is 5.24. The molecule has 0 aliphatic carbocycles. The predicted molar refractivity (Wildman–Crippen MR) is 66.0 cm³/mol. The van der Waals surface area contributed by atoms with Crippen molar-refractivity contribution >= 4 is 6.09 Å². The number of nitrogens with one attached hydrogen (secondary N) is 1. The lowest BCUT2D eigenvalue weighted by atomic mass is 10.1. The zero-order valence-electron chi connectivity index (χ0n) is 10.5. The normalized spacial score (nSPS) is 11.0. The Morgan fingerprint density at radius 3 is 2.59 bits per heavy atom. The number of rotatable bonds is 3. The van der Waals surface area contributed by atoms with Gasteiger partial charge < -0.3 is 15.2 Å². The predicted octanol–water partition coefficient (Wildman–Crippen LogP) is 2.46. The molecule has 0 saturated heterocycles. The van der Waals surface area contributed by atoms with E-state index in [0.717, 1.165) is 5.56 Å². The largest absolute Gasteiger partial charge is 0.508 e. The summed E-state index contributed by atoms with van der Waals surface area (Å²) in [4.78, 5) is 11.3. The van der Waals surface area contributed by atoms with Gasteiger partial charge in [-0.1, -0.05) is 18.2 Å². The van der Waals surface area contributed by atoms with Gasteiger partial charge in [-0.3, -0.25) is 0 Å². The number of hydrogen-bond acceptors (Lipinski definition) is 3. The van der Waals surface area contributed by atoms with Gasteiger partial charge in [0.1, 0.15) is 5.75 Å². The summed E-state index contributed by atoms with van der Waals surface area (Å²) in [6.45, 7) is 5.91. The number of carbonyl (C=O) groups excluding carboxylic acids is 1. The van der Waals surface area contributed by atoms with Crippen molar-refractivity contribution in [2.75, 3.05) is 6.61 Å². The Morgan fingerprint density at radius 1 is 1.35 bits per heavy atom. The van der Waals surface area contributed by atoms with Crippen LogP contribution in [0.5, 0.6) is 5.75 Å². The average molecular weight is 237 g/mol. The number of para-hydroxylation sites is 1. The van der Waals surface area contributed by atoms with Crippen LogP contribution in [0.15, 0.2) is 24.3 Å². The molecule has 1 rings (SSSR count). The van der Waals surface area contributed by atoms with Gasteiger partial charge >= 0.3 is 6.09 Å². The summed E-state index contributed by atoms with van der Waals surface area (Å²) in [7, 11) is 0. The first-order valence-corrected chi connectivity index (χ1v) is 5.60. The zero-order chi connectivity index (χ0) is 12.9. The minimum Gasteiger partial charge on any atom is -0.508 e. The molecule has 4 heteroatoms. The monoisotopic (exact) mass is 237 g/mol. The number of ether oxygens (including phenoxy) is 1. The highest BCUT2D eigenvalue weighted by Crippen LogP contribution is 2.15. The molecule has 0 aromatic heterocycles. The van der Waals surface area contributed by atoms with Gasteiger partial charge in [-0.15, -0.1) is 0 Å². The van der Waals surface area contributed by atoms with Crippen LogP contribution in [0.2, 0.25) is 0 Å². The molecule has 0 saturated carbocycles. The van der Waals surface area contributed by atoms with Crippen molar-refractivity contribution in [3.8, 4) is 5.75 Å². The molecule has 2 N–H and O–H groups in total. The number of aromatic hydroxyl groups is 1. The van der Waals surface area contributed by atoms with Gasteiger partial charge in [-0.05, 0) is 32.4 Å². The molecule has 0 aliphatic heterocycles. The van der Waals surface area contributed by atoms with Gasteiger partial charge in [0.05, 0.1) is 6.61 Å². The Balaban J connectivity index is 2.34. The van der Waals surface area contributed by atoms with Gasteiger partial charge in [-0.2, -0.15) is 0 Å². The molecule has 1 amide bonds. The van der Waals surface area contributed by atoms with Gasteiger partial charge in [0.2, 0.25) is 0 Å².